The maximum Gasteiger partial charge on any atom is 0.408 e. The second-order valence-corrected chi connectivity index (χ2v) is 7.80. The van der Waals surface area contributed by atoms with Gasteiger partial charge < -0.3 is 20.0 Å². The molecule has 3 aromatic rings. The highest BCUT2D eigenvalue weighted by atomic mass is 16.5. The number of fused-ring (bicyclic) bond motifs is 4. The molecule has 0 aliphatic heterocycles. The van der Waals surface area contributed by atoms with Gasteiger partial charge in [-0.15, -0.1) is 0 Å². The minimum atomic E-state index is -1.56. The van der Waals surface area contributed by atoms with Gasteiger partial charge in [0.2, 0.25) is 0 Å². The number of hydrogen-bond donors (Lipinski definition) is 1. The monoisotopic (exact) mass is 398 g/mol. The van der Waals surface area contributed by atoms with Crippen LogP contribution in [0, 0.1) is 0 Å². The summed E-state index contributed by atoms with van der Waals surface area (Å²) in [7, 11) is 0. The van der Waals surface area contributed by atoms with E-state index in [1.807, 2.05) is 48.5 Å². The zero-order valence-electron chi connectivity index (χ0n) is 16.3. The molecule has 0 unspecified atom stereocenters. The number of aliphatic carboxylic acids is 1. The van der Waals surface area contributed by atoms with Gasteiger partial charge in [0.05, 0.1) is 5.97 Å². The first kappa shape index (κ1) is 18.4. The molecule has 0 spiro atoms. The summed E-state index contributed by atoms with van der Waals surface area (Å²) in [6.07, 6.45) is 0.0601. The highest BCUT2D eigenvalue weighted by Gasteiger charge is 2.42. The van der Waals surface area contributed by atoms with Gasteiger partial charge in [0.1, 0.15) is 12.1 Å². The summed E-state index contributed by atoms with van der Waals surface area (Å²) in [6, 6.07) is 23.4. The van der Waals surface area contributed by atoms with Crippen LogP contribution in [0.25, 0.3) is 11.1 Å². The van der Waals surface area contributed by atoms with Crippen molar-refractivity contribution in [1.29, 1.82) is 0 Å². The number of benzene rings is 3. The minimum absolute atomic E-state index is 0.0853. The lowest BCUT2D eigenvalue weighted by Gasteiger charge is -2.32. The second kappa shape index (κ2) is 7.02. The van der Waals surface area contributed by atoms with Crippen molar-refractivity contribution in [3.63, 3.8) is 0 Å². The molecule has 0 bridgehead atoms. The molecule has 5 heteroatoms. The van der Waals surface area contributed by atoms with Crippen LogP contribution in [-0.2, 0) is 21.5 Å². The lowest BCUT2D eigenvalue weighted by molar-refractivity contribution is -0.315. The third kappa shape index (κ3) is 2.77. The predicted molar refractivity (Wildman–Crippen MR) is 110 cm³/mol. The number of carbonyl (C=O) groups is 2. The van der Waals surface area contributed by atoms with Crippen LogP contribution in [-0.4, -0.2) is 18.7 Å². The largest absolute Gasteiger partial charge is 0.547 e. The van der Waals surface area contributed by atoms with Crippen molar-refractivity contribution in [2.75, 3.05) is 6.61 Å². The molecule has 0 fully saturated rings. The van der Waals surface area contributed by atoms with Crippen molar-refractivity contribution in [3.05, 3.63) is 95.1 Å². The van der Waals surface area contributed by atoms with Gasteiger partial charge in [0, 0.05) is 5.92 Å². The van der Waals surface area contributed by atoms with Gasteiger partial charge in [-0.2, -0.15) is 0 Å². The van der Waals surface area contributed by atoms with Crippen molar-refractivity contribution >= 4 is 12.1 Å². The molecule has 2 aliphatic rings. The first-order chi connectivity index (χ1) is 14.6. The normalized spacial score (nSPS) is 18.9. The summed E-state index contributed by atoms with van der Waals surface area (Å²) in [5.41, 5.74) is 4.40. The Morgan fingerprint density at radius 3 is 2.20 bits per heavy atom. The van der Waals surface area contributed by atoms with Crippen LogP contribution in [0.2, 0.25) is 0 Å². The van der Waals surface area contributed by atoms with Crippen LogP contribution in [0.4, 0.5) is 4.79 Å². The third-order valence-corrected chi connectivity index (χ3v) is 6.25. The lowest BCUT2D eigenvalue weighted by atomic mass is 9.92. The Kier molecular flexibility index (Phi) is 4.31. The summed E-state index contributed by atoms with van der Waals surface area (Å²) < 4.78 is 5.55. The molecule has 3 aromatic carbocycles. The van der Waals surface area contributed by atoms with E-state index < -0.39 is 17.6 Å². The van der Waals surface area contributed by atoms with E-state index in [9.17, 15) is 14.7 Å². The number of carboxylic acids is 1. The van der Waals surface area contributed by atoms with E-state index >= 15 is 0 Å². The third-order valence-electron chi connectivity index (χ3n) is 6.25. The molecule has 1 N–H and O–H groups in total. The first-order valence-electron chi connectivity index (χ1n) is 10.0. The number of carbonyl (C=O) groups excluding carboxylic acids is 2. The average Bonchev–Trinajstić information content (AvgIpc) is 3.29. The molecule has 5 nitrogen and oxygen atoms in total. The van der Waals surface area contributed by atoms with E-state index in [1.165, 1.54) is 0 Å². The molecule has 0 saturated carbocycles. The Bertz CT molecular complexity index is 1110. The summed E-state index contributed by atoms with van der Waals surface area (Å²) in [4.78, 5) is 24.7. The summed E-state index contributed by atoms with van der Waals surface area (Å²) in [5.74, 6) is -1.40. The molecule has 2 aliphatic carbocycles. The fourth-order valence-electron chi connectivity index (χ4n) is 4.81. The molecule has 1 amide bonds. The van der Waals surface area contributed by atoms with Gasteiger partial charge in [-0.25, -0.2) is 4.79 Å². The van der Waals surface area contributed by atoms with E-state index in [-0.39, 0.29) is 18.9 Å². The Labute approximate surface area is 174 Å². The minimum Gasteiger partial charge on any atom is -0.547 e. The Morgan fingerprint density at radius 2 is 1.53 bits per heavy atom. The number of aryl methyl sites for hydroxylation is 1. The molecular weight excluding hydrogens is 378 g/mol. The van der Waals surface area contributed by atoms with Gasteiger partial charge in [-0.3, -0.25) is 0 Å². The maximum atomic E-state index is 12.7. The topological polar surface area (TPSA) is 78.5 Å². The van der Waals surface area contributed by atoms with Gasteiger partial charge in [-0.1, -0.05) is 72.8 Å². The number of amides is 1. The smallest absolute Gasteiger partial charge is 0.408 e. The van der Waals surface area contributed by atoms with Crippen LogP contribution in [0.3, 0.4) is 0 Å². The molecule has 0 radical (unpaired) electrons. The fraction of sp³-hybridized carbons (Fsp3) is 0.200. The van der Waals surface area contributed by atoms with E-state index in [1.54, 1.807) is 12.1 Å². The number of nitrogens with one attached hydrogen (secondary N) is 1. The quantitative estimate of drug-likeness (QED) is 0.732. The molecule has 1 atom stereocenters. The molecule has 30 heavy (non-hydrogen) atoms. The zero-order valence-corrected chi connectivity index (χ0v) is 16.3. The number of rotatable bonds is 4. The van der Waals surface area contributed by atoms with Crippen molar-refractivity contribution in [3.8, 4) is 11.1 Å². The lowest BCUT2D eigenvalue weighted by Crippen LogP contribution is -2.56. The zero-order chi connectivity index (χ0) is 20.7. The molecular formula is C25H20NO4-. The van der Waals surface area contributed by atoms with Crippen molar-refractivity contribution in [2.24, 2.45) is 0 Å². The Morgan fingerprint density at radius 1 is 0.933 bits per heavy atom. The molecule has 0 aromatic heterocycles. The van der Waals surface area contributed by atoms with Crippen molar-refractivity contribution < 1.29 is 19.4 Å². The highest BCUT2D eigenvalue weighted by molar-refractivity contribution is 5.86. The average molecular weight is 398 g/mol. The summed E-state index contributed by atoms with van der Waals surface area (Å²) in [5, 5.41) is 14.6. The van der Waals surface area contributed by atoms with E-state index in [0.717, 1.165) is 27.8 Å². The van der Waals surface area contributed by atoms with Crippen molar-refractivity contribution in [1.82, 2.24) is 5.32 Å². The number of alkyl carbamates (subject to hydrolysis) is 1. The van der Waals surface area contributed by atoms with Crippen LogP contribution < -0.4 is 10.4 Å². The van der Waals surface area contributed by atoms with E-state index in [4.69, 9.17) is 4.74 Å². The van der Waals surface area contributed by atoms with Crippen LogP contribution >= 0.6 is 0 Å². The number of carboxylic acid groups (broad SMARTS) is 1. The second-order valence-electron chi connectivity index (χ2n) is 7.80. The predicted octanol–water partition coefficient (Wildman–Crippen LogP) is 3.12. The molecule has 5 rings (SSSR count). The number of ether oxygens (including phenoxy) is 1. The first-order valence-corrected chi connectivity index (χ1v) is 10.0. The molecule has 0 heterocycles. The Hall–Kier alpha value is -3.60. The standard InChI is InChI=1S/C25H21NO4/c27-23(28)25(14-13-16-7-1-6-12-22(16)25)26-24(29)30-15-21-19-10-4-2-8-17(19)18-9-3-5-11-20(18)21/h1-12,21H,13-15H2,(H,26,29)(H,27,28)/p-1/t25-/m0/s1. The van der Waals surface area contributed by atoms with Gasteiger partial charge in [-0.05, 0) is 46.2 Å². The van der Waals surface area contributed by atoms with Gasteiger partial charge >= 0.3 is 6.09 Å². The summed E-state index contributed by atoms with van der Waals surface area (Å²) in [6.45, 7) is 0.130. The van der Waals surface area contributed by atoms with Gasteiger partial charge in [0.25, 0.3) is 0 Å². The van der Waals surface area contributed by atoms with E-state index in [0.29, 0.717) is 12.0 Å². The Balaban J connectivity index is 1.37. The number of hydrogen-bond acceptors (Lipinski definition) is 4. The van der Waals surface area contributed by atoms with Crippen molar-refractivity contribution in [2.45, 2.75) is 24.3 Å². The molecule has 0 saturated heterocycles. The highest BCUT2D eigenvalue weighted by Crippen LogP contribution is 2.44. The SMILES string of the molecule is O=C(N[C@@]1(C(=O)[O-])CCc2ccccc21)OCC1c2ccccc2-c2ccccc21. The van der Waals surface area contributed by atoms with Crippen LogP contribution in [0.5, 0.6) is 0 Å². The van der Waals surface area contributed by atoms with Gasteiger partial charge in [0.15, 0.2) is 0 Å². The van der Waals surface area contributed by atoms with Crippen LogP contribution in [0.1, 0.15) is 34.6 Å². The van der Waals surface area contributed by atoms with Crippen LogP contribution in [0.15, 0.2) is 72.8 Å². The fourth-order valence-corrected chi connectivity index (χ4v) is 4.81. The molecule has 150 valence electrons. The van der Waals surface area contributed by atoms with E-state index in [2.05, 4.69) is 17.4 Å². The maximum absolute atomic E-state index is 12.7. The summed E-state index contributed by atoms with van der Waals surface area (Å²) >= 11 is 0.